The fourth-order valence-electron chi connectivity index (χ4n) is 2.39. The summed E-state index contributed by atoms with van der Waals surface area (Å²) in [5.74, 6) is 0.0766. The van der Waals surface area contributed by atoms with Crippen LogP contribution in [-0.2, 0) is 0 Å². The number of anilines is 1. The molecule has 0 saturated carbocycles. The number of fused-ring (bicyclic) bond motifs is 1. The maximum absolute atomic E-state index is 12.4. The van der Waals surface area contributed by atoms with Gasteiger partial charge in [0.05, 0.1) is 16.3 Å². The summed E-state index contributed by atoms with van der Waals surface area (Å²) in [4.78, 5) is 17.0. The molecule has 0 aliphatic rings. The summed E-state index contributed by atoms with van der Waals surface area (Å²) in [5.41, 5.74) is 4.17. The molecule has 0 saturated heterocycles. The van der Waals surface area contributed by atoms with E-state index in [9.17, 15) is 4.79 Å². The van der Waals surface area contributed by atoms with E-state index in [0.29, 0.717) is 0 Å². The van der Waals surface area contributed by atoms with Gasteiger partial charge in [0.2, 0.25) is 0 Å². The first-order valence-electron chi connectivity index (χ1n) is 7.29. The van der Waals surface area contributed by atoms with Gasteiger partial charge in [-0.05, 0) is 38.0 Å². The largest absolute Gasteiger partial charge is 1.00 e. The summed E-state index contributed by atoms with van der Waals surface area (Å²) in [6, 6.07) is 13.2. The van der Waals surface area contributed by atoms with E-state index in [1.54, 1.807) is 11.3 Å². The highest BCUT2D eigenvalue weighted by atomic mass is 79.9. The number of benzene rings is 2. The van der Waals surface area contributed by atoms with Crippen LogP contribution in [0.25, 0.3) is 10.2 Å². The molecule has 0 aliphatic carbocycles. The molecule has 1 N–H and O–H groups in total. The highest BCUT2D eigenvalue weighted by molar-refractivity contribution is 7.22. The summed E-state index contributed by atoms with van der Waals surface area (Å²) in [7, 11) is 0. The van der Waals surface area contributed by atoms with Crippen molar-refractivity contribution in [3.05, 3.63) is 59.2 Å². The predicted octanol–water partition coefficient (Wildman–Crippen LogP) is 1.60. The van der Waals surface area contributed by atoms with Gasteiger partial charge in [-0.2, -0.15) is 0 Å². The van der Waals surface area contributed by atoms with Gasteiger partial charge in [-0.3, -0.25) is 4.79 Å². The molecular weight excluding hydrogens is 372 g/mol. The zero-order chi connectivity index (χ0) is 15.7. The van der Waals surface area contributed by atoms with E-state index in [1.165, 1.54) is 11.1 Å². The standard InChI is InChI=1S/C18H18N2OS.BrH/c1-11-9-10-15-16(12(11)2)20-18(22-15)19-13(3)17(21)14-7-5-4-6-8-14;/h4-10,13H,1-3H3,(H,19,20);1H/p-1. The third-order valence-corrected chi connectivity index (χ3v) is 4.83. The van der Waals surface area contributed by atoms with Crippen LogP contribution in [0.5, 0.6) is 0 Å². The maximum Gasteiger partial charge on any atom is 0.184 e. The number of hydrogen-bond donors (Lipinski definition) is 1. The molecule has 3 rings (SSSR count). The van der Waals surface area contributed by atoms with Gasteiger partial charge in [-0.1, -0.05) is 47.7 Å². The van der Waals surface area contributed by atoms with Crippen molar-refractivity contribution in [2.75, 3.05) is 5.32 Å². The average molecular weight is 390 g/mol. The summed E-state index contributed by atoms with van der Waals surface area (Å²) < 4.78 is 1.14. The topological polar surface area (TPSA) is 42.0 Å². The number of aryl methyl sites for hydroxylation is 2. The molecule has 0 radical (unpaired) electrons. The van der Waals surface area contributed by atoms with Crippen LogP contribution in [0.4, 0.5) is 5.13 Å². The molecule has 3 aromatic rings. The van der Waals surface area contributed by atoms with Crippen LogP contribution in [0, 0.1) is 13.8 Å². The van der Waals surface area contributed by atoms with Crippen molar-refractivity contribution in [2.24, 2.45) is 0 Å². The number of nitrogens with zero attached hydrogens (tertiary/aromatic N) is 1. The van der Waals surface area contributed by atoms with Gasteiger partial charge in [0.1, 0.15) is 0 Å². The molecule has 0 aliphatic heterocycles. The Kier molecular flexibility index (Phi) is 5.55. The van der Waals surface area contributed by atoms with Crippen LogP contribution >= 0.6 is 11.3 Å². The van der Waals surface area contributed by atoms with Crippen molar-refractivity contribution in [1.29, 1.82) is 0 Å². The number of Topliss-reactive ketones (excluding diaryl/α,β-unsaturated/α-hetero) is 1. The monoisotopic (exact) mass is 389 g/mol. The van der Waals surface area contributed by atoms with Crippen LogP contribution in [0.1, 0.15) is 28.4 Å². The molecule has 1 unspecified atom stereocenters. The van der Waals surface area contributed by atoms with E-state index in [0.717, 1.165) is 20.9 Å². The SMILES string of the molecule is Cc1ccc2sc(NC(C)C(=O)c3ccccc3)nc2c1C.[Br-]. The first-order valence-corrected chi connectivity index (χ1v) is 8.10. The fourth-order valence-corrected chi connectivity index (χ4v) is 3.40. The molecule has 1 heterocycles. The molecule has 3 nitrogen and oxygen atoms in total. The third kappa shape index (κ3) is 3.62. The van der Waals surface area contributed by atoms with Crippen LogP contribution in [-0.4, -0.2) is 16.8 Å². The second-order valence-corrected chi connectivity index (χ2v) is 6.50. The highest BCUT2D eigenvalue weighted by Crippen LogP contribution is 2.30. The van der Waals surface area contributed by atoms with Gasteiger partial charge in [-0.15, -0.1) is 0 Å². The van der Waals surface area contributed by atoms with E-state index >= 15 is 0 Å². The zero-order valence-corrected chi connectivity index (χ0v) is 15.7. The molecule has 0 amide bonds. The number of rotatable bonds is 4. The Hall–Kier alpha value is -1.72. The third-order valence-electron chi connectivity index (χ3n) is 3.88. The molecule has 1 aromatic heterocycles. The molecule has 0 bridgehead atoms. The molecule has 2 aromatic carbocycles. The number of ketones is 1. The van der Waals surface area contributed by atoms with E-state index < -0.39 is 0 Å². The van der Waals surface area contributed by atoms with Gasteiger partial charge >= 0.3 is 0 Å². The van der Waals surface area contributed by atoms with Crippen LogP contribution in [0.3, 0.4) is 0 Å². The minimum Gasteiger partial charge on any atom is -1.00 e. The average Bonchev–Trinajstić information content (AvgIpc) is 2.94. The van der Waals surface area contributed by atoms with E-state index in [1.807, 2.05) is 37.3 Å². The van der Waals surface area contributed by atoms with Crippen LogP contribution < -0.4 is 22.3 Å². The lowest BCUT2D eigenvalue weighted by atomic mass is 10.1. The molecular formula is C18H18BrN2OS-. The molecule has 1 atom stereocenters. The molecule has 0 fully saturated rings. The van der Waals surface area contributed by atoms with Gasteiger partial charge in [0.25, 0.3) is 0 Å². The number of thiazole rings is 1. The lowest BCUT2D eigenvalue weighted by Crippen LogP contribution is -3.00. The summed E-state index contributed by atoms with van der Waals surface area (Å²) in [6.07, 6.45) is 0. The number of carbonyl (C=O) groups is 1. The Morgan fingerprint density at radius 1 is 1.13 bits per heavy atom. The lowest BCUT2D eigenvalue weighted by Gasteiger charge is -2.11. The zero-order valence-electron chi connectivity index (χ0n) is 13.3. The first kappa shape index (κ1) is 17.6. The minimum absolute atomic E-state index is 0. The summed E-state index contributed by atoms with van der Waals surface area (Å²) in [5, 5.41) is 4.03. The van der Waals surface area contributed by atoms with Crippen LogP contribution in [0.2, 0.25) is 0 Å². The van der Waals surface area contributed by atoms with Crippen molar-refractivity contribution < 1.29 is 21.8 Å². The van der Waals surface area contributed by atoms with Gasteiger partial charge in [0.15, 0.2) is 10.9 Å². The fraction of sp³-hybridized carbons (Fsp3) is 0.222. The number of carbonyl (C=O) groups excluding carboxylic acids is 1. The lowest BCUT2D eigenvalue weighted by molar-refractivity contribution is -0.0000119. The smallest absolute Gasteiger partial charge is 0.184 e. The second kappa shape index (κ2) is 7.23. The Morgan fingerprint density at radius 2 is 1.83 bits per heavy atom. The Bertz CT molecular complexity index is 830. The highest BCUT2D eigenvalue weighted by Gasteiger charge is 2.16. The Balaban J connectivity index is 0.00000192. The molecule has 120 valence electrons. The van der Waals surface area contributed by atoms with Gasteiger partial charge in [0, 0.05) is 5.56 Å². The van der Waals surface area contributed by atoms with Gasteiger partial charge < -0.3 is 22.3 Å². The van der Waals surface area contributed by atoms with Crippen molar-refractivity contribution in [2.45, 2.75) is 26.8 Å². The van der Waals surface area contributed by atoms with Crippen molar-refractivity contribution in [3.63, 3.8) is 0 Å². The normalized spacial score (nSPS) is 11.8. The van der Waals surface area contributed by atoms with Crippen molar-refractivity contribution >= 4 is 32.5 Å². The molecule has 23 heavy (non-hydrogen) atoms. The number of hydrogen-bond acceptors (Lipinski definition) is 4. The Labute approximate surface area is 150 Å². The summed E-state index contributed by atoms with van der Waals surface area (Å²) >= 11 is 1.59. The number of nitrogens with one attached hydrogen (secondary N) is 1. The summed E-state index contributed by atoms with van der Waals surface area (Å²) in [6.45, 7) is 6.04. The minimum atomic E-state index is -0.302. The maximum atomic E-state index is 12.4. The van der Waals surface area contributed by atoms with E-state index in [4.69, 9.17) is 0 Å². The number of aromatic nitrogens is 1. The van der Waals surface area contributed by atoms with E-state index in [-0.39, 0.29) is 28.8 Å². The van der Waals surface area contributed by atoms with Crippen molar-refractivity contribution in [3.8, 4) is 0 Å². The quantitative estimate of drug-likeness (QED) is 0.689. The molecule has 5 heteroatoms. The number of halogens is 1. The second-order valence-electron chi connectivity index (χ2n) is 5.47. The van der Waals surface area contributed by atoms with Crippen LogP contribution in [0.15, 0.2) is 42.5 Å². The van der Waals surface area contributed by atoms with Gasteiger partial charge in [-0.25, -0.2) is 4.98 Å². The first-order chi connectivity index (χ1) is 10.6. The Morgan fingerprint density at radius 3 is 2.52 bits per heavy atom. The van der Waals surface area contributed by atoms with E-state index in [2.05, 4.69) is 36.3 Å². The molecule has 0 spiro atoms. The van der Waals surface area contributed by atoms with Crippen molar-refractivity contribution in [1.82, 2.24) is 4.98 Å². The predicted molar refractivity (Wildman–Crippen MR) is 93.0 cm³/mol.